The third-order valence-corrected chi connectivity index (χ3v) is 6.20. The van der Waals surface area contributed by atoms with Crippen molar-refractivity contribution in [1.29, 1.82) is 0 Å². The van der Waals surface area contributed by atoms with Crippen LogP contribution in [0.25, 0.3) is 0 Å². The van der Waals surface area contributed by atoms with Crippen molar-refractivity contribution in [1.82, 2.24) is 9.62 Å². The molecule has 2 N–H and O–H groups in total. The van der Waals surface area contributed by atoms with E-state index in [0.717, 1.165) is 17.7 Å². The average molecular weight is 465 g/mol. The number of nitrogens with one attached hydrogen (secondary N) is 1. The van der Waals surface area contributed by atoms with E-state index in [9.17, 15) is 28.1 Å². The van der Waals surface area contributed by atoms with E-state index < -0.39 is 44.1 Å². The van der Waals surface area contributed by atoms with Crippen molar-refractivity contribution in [3.63, 3.8) is 0 Å². The van der Waals surface area contributed by atoms with Crippen LogP contribution in [0, 0.1) is 10.1 Å². The van der Waals surface area contributed by atoms with Crippen LogP contribution < -0.4 is 5.32 Å². The first-order valence-electron chi connectivity index (χ1n) is 9.61. The van der Waals surface area contributed by atoms with Crippen LogP contribution in [0.4, 0.5) is 10.5 Å². The zero-order valence-corrected chi connectivity index (χ0v) is 17.9. The molecule has 0 aliphatic heterocycles. The number of hydrogen-bond acceptors (Lipinski definition) is 7. The summed E-state index contributed by atoms with van der Waals surface area (Å²) >= 11 is 0. The van der Waals surface area contributed by atoms with E-state index in [-0.39, 0.29) is 26.1 Å². The summed E-state index contributed by atoms with van der Waals surface area (Å²) in [6, 6.07) is 13.8. The molecule has 0 spiro atoms. The van der Waals surface area contributed by atoms with E-state index in [4.69, 9.17) is 9.84 Å². The third kappa shape index (κ3) is 7.32. The number of ether oxygens (including phenoxy) is 1. The zero-order valence-electron chi connectivity index (χ0n) is 17.0. The number of unbranched alkanes of at least 4 members (excludes halogenated alkanes) is 1. The fraction of sp³-hybridized carbons (Fsp3) is 0.300. The van der Waals surface area contributed by atoms with Gasteiger partial charge in [-0.3, -0.25) is 14.9 Å². The van der Waals surface area contributed by atoms with Gasteiger partial charge in [0.1, 0.15) is 13.2 Å². The van der Waals surface area contributed by atoms with Crippen LogP contribution in [0.1, 0.15) is 18.4 Å². The van der Waals surface area contributed by atoms with Crippen molar-refractivity contribution in [2.24, 2.45) is 0 Å². The minimum absolute atomic E-state index is 0.104. The lowest BCUT2D eigenvalue weighted by Gasteiger charge is -2.20. The SMILES string of the molecule is O=C(O)CN(CCCCNC(=O)OCc1ccccc1)S(=O)(=O)c1ccccc1[N+](=O)[O-]. The Morgan fingerprint density at radius 2 is 1.72 bits per heavy atom. The maximum absolute atomic E-state index is 12.9. The Morgan fingerprint density at radius 3 is 2.38 bits per heavy atom. The first-order chi connectivity index (χ1) is 15.2. The van der Waals surface area contributed by atoms with Gasteiger partial charge in [0.15, 0.2) is 4.90 Å². The molecule has 2 rings (SSSR count). The molecule has 0 saturated carbocycles. The zero-order chi connectivity index (χ0) is 23.6. The predicted octanol–water partition coefficient (Wildman–Crippen LogP) is 2.38. The number of hydrogen-bond donors (Lipinski definition) is 2. The molecule has 0 atom stereocenters. The number of nitrogens with zero attached hydrogens (tertiary/aromatic N) is 2. The number of carboxylic acid groups (broad SMARTS) is 1. The van der Waals surface area contributed by atoms with Crippen LogP contribution in [0.3, 0.4) is 0 Å². The Hall–Kier alpha value is -3.51. The highest BCUT2D eigenvalue weighted by Gasteiger charge is 2.32. The predicted molar refractivity (Wildman–Crippen MR) is 113 cm³/mol. The van der Waals surface area contributed by atoms with Gasteiger partial charge in [-0.1, -0.05) is 42.5 Å². The standard InChI is InChI=1S/C20H23N3O8S/c24-19(25)14-22(32(29,30)18-11-5-4-10-17(18)23(27)28)13-7-6-12-21-20(26)31-15-16-8-2-1-3-9-16/h1-5,8-11H,6-7,12-15H2,(H,21,26)(H,24,25). The van der Waals surface area contributed by atoms with Gasteiger partial charge in [0.05, 0.1) is 4.92 Å². The van der Waals surface area contributed by atoms with E-state index in [1.165, 1.54) is 12.1 Å². The lowest BCUT2D eigenvalue weighted by molar-refractivity contribution is -0.387. The highest BCUT2D eigenvalue weighted by molar-refractivity contribution is 7.89. The van der Waals surface area contributed by atoms with Crippen molar-refractivity contribution in [2.45, 2.75) is 24.3 Å². The third-order valence-electron chi connectivity index (χ3n) is 4.31. The molecule has 0 aliphatic rings. The number of para-hydroxylation sites is 1. The molecule has 1 amide bonds. The van der Waals surface area contributed by atoms with Gasteiger partial charge in [0.25, 0.3) is 5.69 Å². The molecule has 2 aromatic carbocycles. The molecule has 172 valence electrons. The quantitative estimate of drug-likeness (QED) is 0.275. The van der Waals surface area contributed by atoms with Crippen molar-refractivity contribution < 1.29 is 32.8 Å². The molecule has 0 radical (unpaired) electrons. The van der Waals surface area contributed by atoms with E-state index in [2.05, 4.69) is 5.32 Å². The number of sulfonamides is 1. The lowest BCUT2D eigenvalue weighted by Crippen LogP contribution is -2.37. The Kier molecular flexibility index (Phi) is 9.10. The highest BCUT2D eigenvalue weighted by Crippen LogP contribution is 2.26. The summed E-state index contributed by atoms with van der Waals surface area (Å²) in [5.41, 5.74) is 0.192. The smallest absolute Gasteiger partial charge is 0.407 e. The number of benzene rings is 2. The van der Waals surface area contributed by atoms with Gasteiger partial charge < -0.3 is 15.2 Å². The first kappa shape index (κ1) is 24.8. The highest BCUT2D eigenvalue weighted by atomic mass is 32.2. The van der Waals surface area contributed by atoms with Gasteiger partial charge in [-0.25, -0.2) is 13.2 Å². The number of amides is 1. The minimum atomic E-state index is -4.42. The number of nitro benzene ring substituents is 1. The molecule has 32 heavy (non-hydrogen) atoms. The van der Waals surface area contributed by atoms with Crippen molar-refractivity contribution in [2.75, 3.05) is 19.6 Å². The van der Waals surface area contributed by atoms with Gasteiger partial charge in [0, 0.05) is 19.2 Å². The normalized spacial score (nSPS) is 11.2. The molecule has 0 aromatic heterocycles. The Morgan fingerprint density at radius 1 is 1.06 bits per heavy atom. The second-order valence-corrected chi connectivity index (χ2v) is 8.56. The fourth-order valence-corrected chi connectivity index (χ4v) is 4.36. The van der Waals surface area contributed by atoms with Crippen molar-refractivity contribution in [3.05, 3.63) is 70.3 Å². The van der Waals surface area contributed by atoms with Crippen LogP contribution in [-0.2, 0) is 26.2 Å². The number of carbonyl (C=O) groups excluding carboxylic acids is 1. The van der Waals surface area contributed by atoms with Gasteiger partial charge in [-0.05, 0) is 24.5 Å². The summed E-state index contributed by atoms with van der Waals surface area (Å²) in [5.74, 6) is -1.39. The van der Waals surface area contributed by atoms with Crippen molar-refractivity contribution >= 4 is 27.8 Å². The van der Waals surface area contributed by atoms with Gasteiger partial charge in [0.2, 0.25) is 10.0 Å². The number of carbonyl (C=O) groups is 2. The summed E-state index contributed by atoms with van der Waals surface area (Å²) in [7, 11) is -4.42. The molecule has 12 heteroatoms. The molecule has 2 aromatic rings. The molecule has 0 bridgehead atoms. The number of alkyl carbamates (subject to hydrolysis) is 1. The van der Waals surface area contributed by atoms with Crippen LogP contribution in [0.5, 0.6) is 0 Å². The second-order valence-electron chi connectivity index (χ2n) is 6.65. The minimum Gasteiger partial charge on any atom is -0.480 e. The molecular formula is C20H23N3O8S. The number of aliphatic carboxylic acids is 1. The molecule has 0 heterocycles. The molecule has 0 saturated heterocycles. The maximum Gasteiger partial charge on any atom is 0.407 e. The van der Waals surface area contributed by atoms with Crippen LogP contribution in [0.15, 0.2) is 59.5 Å². The summed E-state index contributed by atoms with van der Waals surface area (Å²) in [6.07, 6.45) is -0.0847. The van der Waals surface area contributed by atoms with Crippen molar-refractivity contribution in [3.8, 4) is 0 Å². The fourth-order valence-electron chi connectivity index (χ4n) is 2.78. The van der Waals surface area contributed by atoms with E-state index in [1.54, 1.807) is 0 Å². The Labute approximate surface area is 184 Å². The summed E-state index contributed by atoms with van der Waals surface area (Å²) < 4.78 is 31.4. The largest absolute Gasteiger partial charge is 0.480 e. The number of rotatable bonds is 12. The monoisotopic (exact) mass is 465 g/mol. The molecule has 0 fully saturated rings. The summed E-state index contributed by atoms with van der Waals surface area (Å²) in [5, 5.41) is 22.8. The van der Waals surface area contributed by atoms with Gasteiger partial charge >= 0.3 is 12.1 Å². The lowest BCUT2D eigenvalue weighted by atomic mass is 10.2. The number of nitro groups is 1. The average Bonchev–Trinajstić information content (AvgIpc) is 2.77. The number of carboxylic acids is 1. The summed E-state index contributed by atoms with van der Waals surface area (Å²) in [4.78, 5) is 32.6. The Bertz CT molecular complexity index is 1040. The van der Waals surface area contributed by atoms with Crippen LogP contribution in [-0.4, -0.2) is 54.4 Å². The second kappa shape index (κ2) is 11.8. The first-order valence-corrected chi connectivity index (χ1v) is 11.1. The van der Waals surface area contributed by atoms with E-state index >= 15 is 0 Å². The Balaban J connectivity index is 1.89. The maximum atomic E-state index is 12.9. The molecule has 0 unspecified atom stereocenters. The summed E-state index contributed by atoms with van der Waals surface area (Å²) in [6.45, 7) is -0.754. The van der Waals surface area contributed by atoms with E-state index in [1.807, 2.05) is 30.3 Å². The van der Waals surface area contributed by atoms with E-state index in [0.29, 0.717) is 10.7 Å². The van der Waals surface area contributed by atoms with Gasteiger partial charge in [-0.15, -0.1) is 0 Å². The van der Waals surface area contributed by atoms with Crippen LogP contribution >= 0.6 is 0 Å². The molecular weight excluding hydrogens is 442 g/mol. The molecule has 0 aliphatic carbocycles. The van der Waals surface area contributed by atoms with Gasteiger partial charge in [-0.2, -0.15) is 4.31 Å². The molecule has 11 nitrogen and oxygen atoms in total. The topological polar surface area (TPSA) is 156 Å². The van der Waals surface area contributed by atoms with Crippen LogP contribution in [0.2, 0.25) is 0 Å².